The van der Waals surface area contributed by atoms with E-state index in [1.54, 1.807) is 7.11 Å². The van der Waals surface area contributed by atoms with Crippen LogP contribution in [0.2, 0.25) is 0 Å². The number of ether oxygens (including phenoxy) is 1. The molecule has 94 valence electrons. The van der Waals surface area contributed by atoms with Crippen molar-refractivity contribution in [3.8, 4) is 0 Å². The maximum absolute atomic E-state index is 11.4. The number of halogens is 1. The summed E-state index contributed by atoms with van der Waals surface area (Å²) in [6.07, 6.45) is 0. The number of nitrogens with one attached hydrogen (secondary N) is 2. The molecule has 17 heavy (non-hydrogen) atoms. The van der Waals surface area contributed by atoms with Gasteiger partial charge in [0, 0.05) is 23.8 Å². The summed E-state index contributed by atoms with van der Waals surface area (Å²) in [5.74, 6) is -0.0459. The van der Waals surface area contributed by atoms with Gasteiger partial charge in [-0.1, -0.05) is 12.1 Å². The normalized spacial score (nSPS) is 10.1. The fourth-order valence-corrected chi connectivity index (χ4v) is 1.72. The molecule has 0 aliphatic heterocycles. The predicted molar refractivity (Wildman–Crippen MR) is 72.3 cm³/mol. The van der Waals surface area contributed by atoms with Gasteiger partial charge in [-0.15, -0.1) is 0 Å². The highest BCUT2D eigenvalue weighted by Gasteiger charge is 2.04. The third kappa shape index (κ3) is 4.75. The average molecular weight is 301 g/mol. The van der Waals surface area contributed by atoms with Crippen LogP contribution < -0.4 is 10.6 Å². The fraction of sp³-hybridized carbons (Fsp3) is 0.417. The van der Waals surface area contributed by atoms with Crippen molar-refractivity contribution >= 4 is 27.5 Å². The minimum atomic E-state index is -0.0459. The van der Waals surface area contributed by atoms with Crippen molar-refractivity contribution in [2.75, 3.05) is 32.1 Å². The molecule has 0 aromatic heterocycles. The number of benzene rings is 1. The summed E-state index contributed by atoms with van der Waals surface area (Å²) in [4.78, 5) is 11.4. The molecular weight excluding hydrogens is 284 g/mol. The molecule has 5 heteroatoms. The summed E-state index contributed by atoms with van der Waals surface area (Å²) in [5, 5.41) is 5.83. The summed E-state index contributed by atoms with van der Waals surface area (Å²) < 4.78 is 5.84. The van der Waals surface area contributed by atoms with Gasteiger partial charge in [-0.2, -0.15) is 0 Å². The fourth-order valence-electron chi connectivity index (χ4n) is 1.31. The van der Waals surface area contributed by atoms with E-state index in [-0.39, 0.29) is 12.5 Å². The van der Waals surface area contributed by atoms with E-state index >= 15 is 0 Å². The summed E-state index contributed by atoms with van der Waals surface area (Å²) in [6, 6.07) is 5.89. The maximum Gasteiger partial charge on any atom is 0.239 e. The van der Waals surface area contributed by atoms with Crippen LogP contribution in [0.3, 0.4) is 0 Å². The first-order chi connectivity index (χ1) is 8.15. The van der Waals surface area contributed by atoms with Gasteiger partial charge in [0.1, 0.15) is 0 Å². The Bertz CT molecular complexity index is 383. The lowest BCUT2D eigenvalue weighted by atomic mass is 10.2. The van der Waals surface area contributed by atoms with Gasteiger partial charge < -0.3 is 15.4 Å². The highest BCUT2D eigenvalue weighted by molar-refractivity contribution is 9.10. The summed E-state index contributed by atoms with van der Waals surface area (Å²) in [7, 11) is 1.61. The van der Waals surface area contributed by atoms with Crippen LogP contribution in [-0.4, -0.2) is 32.7 Å². The SMILES string of the molecule is COCCNC(=O)CNc1cccc(C)c1Br. The standard InChI is InChI=1S/C12H17BrN2O2/c1-9-4-3-5-10(12(9)13)15-8-11(16)14-6-7-17-2/h3-5,15H,6-8H2,1-2H3,(H,14,16). The van der Waals surface area contributed by atoms with Crippen molar-refractivity contribution in [1.29, 1.82) is 0 Å². The lowest BCUT2D eigenvalue weighted by Gasteiger charge is -2.10. The molecule has 0 spiro atoms. The number of hydrogen-bond donors (Lipinski definition) is 2. The molecule has 0 saturated heterocycles. The number of aryl methyl sites for hydroxylation is 1. The third-order valence-electron chi connectivity index (χ3n) is 2.26. The first-order valence-electron chi connectivity index (χ1n) is 5.39. The van der Waals surface area contributed by atoms with Crippen LogP contribution in [0.1, 0.15) is 5.56 Å². The molecule has 0 fully saturated rings. The van der Waals surface area contributed by atoms with Crippen molar-refractivity contribution < 1.29 is 9.53 Å². The Balaban J connectivity index is 2.39. The van der Waals surface area contributed by atoms with Crippen molar-refractivity contribution in [1.82, 2.24) is 5.32 Å². The molecule has 2 N–H and O–H groups in total. The van der Waals surface area contributed by atoms with Crippen molar-refractivity contribution in [2.24, 2.45) is 0 Å². The molecule has 0 saturated carbocycles. The molecule has 1 aromatic carbocycles. The number of carbonyl (C=O) groups is 1. The Morgan fingerprint density at radius 1 is 1.47 bits per heavy atom. The van der Waals surface area contributed by atoms with Gasteiger partial charge in [0.15, 0.2) is 0 Å². The Morgan fingerprint density at radius 2 is 2.24 bits per heavy atom. The van der Waals surface area contributed by atoms with E-state index < -0.39 is 0 Å². The monoisotopic (exact) mass is 300 g/mol. The number of rotatable bonds is 6. The van der Waals surface area contributed by atoms with Gasteiger partial charge in [-0.3, -0.25) is 4.79 Å². The minimum Gasteiger partial charge on any atom is -0.383 e. The van der Waals surface area contributed by atoms with Crippen molar-refractivity contribution in [2.45, 2.75) is 6.92 Å². The quantitative estimate of drug-likeness (QED) is 0.789. The average Bonchev–Trinajstić information content (AvgIpc) is 2.31. The van der Waals surface area contributed by atoms with Gasteiger partial charge in [-0.25, -0.2) is 0 Å². The summed E-state index contributed by atoms with van der Waals surface area (Å²) in [5.41, 5.74) is 2.06. The first kappa shape index (κ1) is 14.0. The zero-order valence-electron chi connectivity index (χ0n) is 10.0. The minimum absolute atomic E-state index is 0.0459. The van der Waals surface area contributed by atoms with E-state index in [1.165, 1.54) is 0 Å². The predicted octanol–water partition coefficient (Wildman–Crippen LogP) is 1.93. The molecule has 0 heterocycles. The number of amides is 1. The lowest BCUT2D eigenvalue weighted by Crippen LogP contribution is -2.32. The van der Waals surface area contributed by atoms with Crippen LogP contribution in [0.25, 0.3) is 0 Å². The molecule has 1 rings (SSSR count). The molecule has 0 atom stereocenters. The second kappa shape index (κ2) is 7.29. The van der Waals surface area contributed by atoms with Gasteiger partial charge in [-0.05, 0) is 34.5 Å². The second-order valence-electron chi connectivity index (χ2n) is 3.63. The Morgan fingerprint density at radius 3 is 2.94 bits per heavy atom. The van der Waals surface area contributed by atoms with Gasteiger partial charge >= 0.3 is 0 Å². The molecule has 4 nitrogen and oxygen atoms in total. The number of methoxy groups -OCH3 is 1. The lowest BCUT2D eigenvalue weighted by molar-refractivity contribution is -0.119. The second-order valence-corrected chi connectivity index (χ2v) is 4.43. The smallest absolute Gasteiger partial charge is 0.239 e. The molecule has 0 aliphatic rings. The third-order valence-corrected chi connectivity index (χ3v) is 3.31. The number of hydrogen-bond acceptors (Lipinski definition) is 3. The number of anilines is 1. The Hall–Kier alpha value is -1.07. The largest absolute Gasteiger partial charge is 0.383 e. The van der Waals surface area contributed by atoms with Gasteiger partial charge in [0.2, 0.25) is 5.91 Å². The van der Waals surface area contributed by atoms with Crippen LogP contribution in [0.5, 0.6) is 0 Å². The molecular formula is C12H17BrN2O2. The number of carbonyl (C=O) groups excluding carboxylic acids is 1. The van der Waals surface area contributed by atoms with Crippen molar-refractivity contribution in [3.63, 3.8) is 0 Å². The molecule has 0 bridgehead atoms. The zero-order valence-corrected chi connectivity index (χ0v) is 11.6. The summed E-state index contributed by atoms with van der Waals surface area (Å²) in [6.45, 7) is 3.32. The van der Waals surface area contributed by atoms with E-state index in [2.05, 4.69) is 26.6 Å². The van der Waals surface area contributed by atoms with Gasteiger partial charge in [0.25, 0.3) is 0 Å². The Labute approximate surface area is 110 Å². The van der Waals surface area contributed by atoms with Crippen LogP contribution in [0, 0.1) is 6.92 Å². The van der Waals surface area contributed by atoms with Crippen molar-refractivity contribution in [3.05, 3.63) is 28.2 Å². The van der Waals surface area contributed by atoms with E-state index in [0.29, 0.717) is 13.2 Å². The first-order valence-corrected chi connectivity index (χ1v) is 6.19. The zero-order chi connectivity index (χ0) is 12.7. The van der Waals surface area contributed by atoms with Crippen LogP contribution in [0.4, 0.5) is 5.69 Å². The molecule has 0 radical (unpaired) electrons. The summed E-state index contributed by atoms with van der Waals surface area (Å²) >= 11 is 3.48. The maximum atomic E-state index is 11.4. The van der Waals surface area contributed by atoms with E-state index in [9.17, 15) is 4.79 Å². The molecule has 0 unspecified atom stereocenters. The molecule has 1 amide bonds. The van der Waals surface area contributed by atoms with E-state index in [0.717, 1.165) is 15.7 Å². The molecule has 0 aliphatic carbocycles. The highest BCUT2D eigenvalue weighted by atomic mass is 79.9. The van der Waals surface area contributed by atoms with Crippen LogP contribution >= 0.6 is 15.9 Å². The van der Waals surface area contributed by atoms with E-state index in [4.69, 9.17) is 4.74 Å². The van der Waals surface area contributed by atoms with Crippen LogP contribution in [0.15, 0.2) is 22.7 Å². The highest BCUT2D eigenvalue weighted by Crippen LogP contribution is 2.25. The van der Waals surface area contributed by atoms with Gasteiger partial charge in [0.05, 0.1) is 13.2 Å². The van der Waals surface area contributed by atoms with Crippen LogP contribution in [-0.2, 0) is 9.53 Å². The topological polar surface area (TPSA) is 50.4 Å². The Kier molecular flexibility index (Phi) is 6.00. The molecule has 1 aromatic rings. The van der Waals surface area contributed by atoms with E-state index in [1.807, 2.05) is 25.1 Å².